The molecule has 0 radical (unpaired) electrons. The van der Waals surface area contributed by atoms with Crippen molar-refractivity contribution in [2.75, 3.05) is 0 Å². The van der Waals surface area contributed by atoms with Crippen LogP contribution in [0.15, 0.2) is 110 Å². The number of rotatable bonds is 6. The van der Waals surface area contributed by atoms with E-state index in [0.717, 1.165) is 55.6 Å². The van der Waals surface area contributed by atoms with E-state index in [1.54, 1.807) is 6.20 Å². The first-order valence-corrected chi connectivity index (χ1v) is 12.3. The largest absolute Gasteiger partial charge is 0.487 e. The van der Waals surface area contributed by atoms with Crippen LogP contribution in [-0.2, 0) is 6.61 Å². The van der Waals surface area contributed by atoms with Crippen molar-refractivity contribution in [1.29, 1.82) is 0 Å². The Balaban J connectivity index is 1.24. The van der Waals surface area contributed by atoms with Gasteiger partial charge in [-0.15, -0.1) is 0 Å². The minimum absolute atomic E-state index is 0.482. The molecule has 2 aromatic carbocycles. The van der Waals surface area contributed by atoms with Gasteiger partial charge in [-0.2, -0.15) is 5.10 Å². The molecule has 7 rings (SSSR count). The van der Waals surface area contributed by atoms with Crippen LogP contribution in [0.4, 0.5) is 0 Å². The van der Waals surface area contributed by atoms with Gasteiger partial charge in [0.1, 0.15) is 12.4 Å². The highest BCUT2D eigenvalue weighted by atomic mass is 16.5. The molecular formula is C31H22N6O. The average Bonchev–Trinajstić information content (AvgIpc) is 3.61. The van der Waals surface area contributed by atoms with Crippen molar-refractivity contribution in [3.8, 4) is 39.5 Å². The molecule has 0 unspecified atom stereocenters. The SMILES string of the molecule is c1ccc(COc2cncc(-c3cnc4n[nH]c(-c5cc6c(-c7ccccn7)cccc6[nH]5)c4c3)c2)cc1. The number of fused-ring (bicyclic) bond motifs is 2. The fourth-order valence-corrected chi connectivity index (χ4v) is 4.69. The number of nitrogens with zero attached hydrogens (tertiary/aromatic N) is 4. The Morgan fingerprint density at radius 3 is 2.53 bits per heavy atom. The van der Waals surface area contributed by atoms with Gasteiger partial charge in [-0.05, 0) is 42.0 Å². The molecule has 5 aromatic heterocycles. The third-order valence-electron chi connectivity index (χ3n) is 6.58. The lowest BCUT2D eigenvalue weighted by atomic mass is 10.1. The van der Waals surface area contributed by atoms with Gasteiger partial charge in [0.2, 0.25) is 0 Å². The summed E-state index contributed by atoms with van der Waals surface area (Å²) in [4.78, 5) is 17.1. The molecule has 0 aliphatic heterocycles. The van der Waals surface area contributed by atoms with E-state index in [2.05, 4.69) is 54.4 Å². The first-order chi connectivity index (χ1) is 18.8. The van der Waals surface area contributed by atoms with Gasteiger partial charge in [0, 0.05) is 51.6 Å². The molecule has 182 valence electrons. The van der Waals surface area contributed by atoms with Crippen LogP contribution in [0.2, 0.25) is 0 Å². The second-order valence-corrected chi connectivity index (χ2v) is 9.04. The Morgan fingerprint density at radius 2 is 1.63 bits per heavy atom. The third-order valence-corrected chi connectivity index (χ3v) is 6.58. The molecule has 0 bridgehead atoms. The van der Waals surface area contributed by atoms with Crippen LogP contribution in [0.25, 0.3) is 55.7 Å². The Kier molecular flexibility index (Phi) is 5.37. The first kappa shape index (κ1) is 21.9. The number of H-pyrrole nitrogens is 2. The average molecular weight is 495 g/mol. The number of benzene rings is 2. The van der Waals surface area contributed by atoms with E-state index in [1.165, 1.54) is 0 Å². The molecule has 7 heteroatoms. The number of hydrogen-bond acceptors (Lipinski definition) is 5. The Hall–Kier alpha value is -5.30. The lowest BCUT2D eigenvalue weighted by Gasteiger charge is -2.08. The molecule has 0 atom stereocenters. The lowest BCUT2D eigenvalue weighted by molar-refractivity contribution is 0.305. The molecule has 0 fully saturated rings. The summed E-state index contributed by atoms with van der Waals surface area (Å²) in [5.74, 6) is 0.705. The predicted molar refractivity (Wildman–Crippen MR) is 148 cm³/mol. The van der Waals surface area contributed by atoms with Crippen molar-refractivity contribution in [2.45, 2.75) is 6.61 Å². The number of pyridine rings is 3. The molecule has 7 nitrogen and oxygen atoms in total. The summed E-state index contributed by atoms with van der Waals surface area (Å²) in [6.45, 7) is 0.482. The highest BCUT2D eigenvalue weighted by Gasteiger charge is 2.15. The van der Waals surface area contributed by atoms with Crippen molar-refractivity contribution < 1.29 is 4.74 Å². The third kappa shape index (κ3) is 4.06. The van der Waals surface area contributed by atoms with Gasteiger partial charge in [-0.3, -0.25) is 15.1 Å². The minimum Gasteiger partial charge on any atom is -0.487 e. The van der Waals surface area contributed by atoms with Crippen LogP contribution in [0.1, 0.15) is 5.56 Å². The number of aromatic amines is 2. The first-order valence-electron chi connectivity index (χ1n) is 12.3. The lowest BCUT2D eigenvalue weighted by Crippen LogP contribution is -1.96. The summed E-state index contributed by atoms with van der Waals surface area (Å²) in [6.07, 6.45) is 7.18. The normalized spacial score (nSPS) is 11.3. The predicted octanol–water partition coefficient (Wildman–Crippen LogP) is 6.81. The molecule has 0 saturated heterocycles. The van der Waals surface area contributed by atoms with Crippen LogP contribution in [0, 0.1) is 0 Å². The van der Waals surface area contributed by atoms with Crippen molar-refractivity contribution in [3.63, 3.8) is 0 Å². The van der Waals surface area contributed by atoms with Crippen molar-refractivity contribution in [1.82, 2.24) is 30.1 Å². The van der Waals surface area contributed by atoms with E-state index in [1.807, 2.05) is 79.3 Å². The second kappa shape index (κ2) is 9.29. The van der Waals surface area contributed by atoms with Crippen LogP contribution < -0.4 is 4.74 Å². The van der Waals surface area contributed by atoms with E-state index in [4.69, 9.17) is 4.74 Å². The molecule has 2 N–H and O–H groups in total. The van der Waals surface area contributed by atoms with Crippen molar-refractivity contribution in [2.24, 2.45) is 0 Å². The maximum absolute atomic E-state index is 5.99. The van der Waals surface area contributed by atoms with Gasteiger partial charge in [-0.1, -0.05) is 48.5 Å². The number of ether oxygens (including phenoxy) is 1. The summed E-state index contributed by atoms with van der Waals surface area (Å²) in [5, 5.41) is 9.65. The Bertz CT molecular complexity index is 1880. The van der Waals surface area contributed by atoms with Crippen LogP contribution >= 0.6 is 0 Å². The van der Waals surface area contributed by atoms with E-state index in [-0.39, 0.29) is 0 Å². The van der Waals surface area contributed by atoms with Gasteiger partial charge >= 0.3 is 0 Å². The Labute approximate surface area is 218 Å². The highest BCUT2D eigenvalue weighted by molar-refractivity contribution is 6.00. The highest BCUT2D eigenvalue weighted by Crippen LogP contribution is 2.34. The van der Waals surface area contributed by atoms with E-state index < -0.39 is 0 Å². The fourth-order valence-electron chi connectivity index (χ4n) is 4.69. The van der Waals surface area contributed by atoms with Crippen molar-refractivity contribution in [3.05, 3.63) is 115 Å². The second-order valence-electron chi connectivity index (χ2n) is 9.04. The number of nitrogens with one attached hydrogen (secondary N) is 2. The van der Waals surface area contributed by atoms with Crippen LogP contribution in [0.3, 0.4) is 0 Å². The smallest absolute Gasteiger partial charge is 0.181 e. The molecule has 38 heavy (non-hydrogen) atoms. The summed E-state index contributed by atoms with van der Waals surface area (Å²) < 4.78 is 5.99. The van der Waals surface area contributed by atoms with Gasteiger partial charge in [0.25, 0.3) is 0 Å². The molecule has 5 heterocycles. The maximum Gasteiger partial charge on any atom is 0.181 e. The monoisotopic (exact) mass is 494 g/mol. The topological polar surface area (TPSA) is 92.4 Å². The number of hydrogen-bond donors (Lipinski definition) is 2. The van der Waals surface area contributed by atoms with Gasteiger partial charge in [0.15, 0.2) is 5.65 Å². The molecule has 0 aliphatic carbocycles. The van der Waals surface area contributed by atoms with Gasteiger partial charge < -0.3 is 9.72 Å². The van der Waals surface area contributed by atoms with E-state index in [9.17, 15) is 0 Å². The van der Waals surface area contributed by atoms with E-state index >= 15 is 0 Å². The zero-order chi connectivity index (χ0) is 25.3. The standard InChI is InChI=1S/C31H22N6O/c1-2-7-20(8-3-1)19-38-23-13-21(16-32-18-23)22-14-26-30(36-37-31(26)34-17-22)29-15-25-24(9-6-11-28(25)35-29)27-10-4-5-12-33-27/h1-18,35H,19H2,(H,34,36,37). The molecule has 0 spiro atoms. The molecular weight excluding hydrogens is 472 g/mol. The summed E-state index contributed by atoms with van der Waals surface area (Å²) >= 11 is 0. The van der Waals surface area contributed by atoms with Gasteiger partial charge in [0.05, 0.1) is 23.3 Å². The molecule has 7 aromatic rings. The minimum atomic E-state index is 0.482. The van der Waals surface area contributed by atoms with Gasteiger partial charge in [-0.25, -0.2) is 4.98 Å². The zero-order valence-corrected chi connectivity index (χ0v) is 20.3. The number of aromatic nitrogens is 6. The van der Waals surface area contributed by atoms with Crippen LogP contribution in [0.5, 0.6) is 5.75 Å². The zero-order valence-electron chi connectivity index (χ0n) is 20.3. The summed E-state index contributed by atoms with van der Waals surface area (Å²) in [6, 6.07) is 28.4. The van der Waals surface area contributed by atoms with E-state index in [0.29, 0.717) is 18.0 Å². The summed E-state index contributed by atoms with van der Waals surface area (Å²) in [7, 11) is 0. The summed E-state index contributed by atoms with van der Waals surface area (Å²) in [5.41, 5.74) is 8.46. The fraction of sp³-hybridized carbons (Fsp3) is 0.0323. The molecule has 0 amide bonds. The quantitative estimate of drug-likeness (QED) is 0.265. The molecule has 0 saturated carbocycles. The van der Waals surface area contributed by atoms with Crippen LogP contribution in [-0.4, -0.2) is 30.1 Å². The Morgan fingerprint density at radius 1 is 0.737 bits per heavy atom. The molecule has 0 aliphatic rings. The van der Waals surface area contributed by atoms with Crippen molar-refractivity contribution >= 4 is 21.9 Å². The maximum atomic E-state index is 5.99.